The normalized spacial score (nSPS) is 12.1. The lowest BCUT2D eigenvalue weighted by atomic mass is 10.1. The summed E-state index contributed by atoms with van der Waals surface area (Å²) in [6.07, 6.45) is 10.3. The lowest BCUT2D eigenvalue weighted by Crippen LogP contribution is -2.40. The molecule has 0 saturated heterocycles. The number of esters is 1. The first kappa shape index (κ1) is 33.9. The van der Waals surface area contributed by atoms with Crippen LogP contribution in [0.1, 0.15) is 98.1 Å². The van der Waals surface area contributed by atoms with Crippen LogP contribution in [0, 0.1) is 0 Å². The maximum Gasteiger partial charge on any atom is 0.311 e. The molecule has 6 heteroatoms. The van der Waals surface area contributed by atoms with E-state index in [1.165, 1.54) is 19.3 Å². The first-order valence-corrected chi connectivity index (χ1v) is 20.9. The van der Waals surface area contributed by atoms with E-state index in [2.05, 4.69) is 78.8 Å². The van der Waals surface area contributed by atoms with Gasteiger partial charge in [0.05, 0.1) is 0 Å². The molecule has 0 N–H and O–H groups in total. The number of hydrogen-bond acceptors (Lipinski definition) is 4. The molecular formula is C34H54O4Si2. The Balaban J connectivity index is 2.20. The number of carbonyl (C=O) groups excluding carboxylic acids is 1. The number of hydrogen-bond donors (Lipinski definition) is 0. The molecule has 2 aromatic carbocycles. The van der Waals surface area contributed by atoms with Crippen molar-refractivity contribution >= 4 is 34.8 Å². The van der Waals surface area contributed by atoms with Crippen LogP contribution in [-0.2, 0) is 4.79 Å². The summed E-state index contributed by atoms with van der Waals surface area (Å²) in [5.74, 6) is 2.30. The molecule has 0 heterocycles. The Kier molecular flexibility index (Phi) is 14.8. The molecule has 0 aliphatic carbocycles. The van der Waals surface area contributed by atoms with Crippen LogP contribution >= 0.6 is 0 Å². The maximum atomic E-state index is 12.2. The quantitative estimate of drug-likeness (QED) is 0.0543. The number of rotatable bonds is 19. The van der Waals surface area contributed by atoms with E-state index < -0.39 is 16.6 Å². The molecule has 0 unspecified atom stereocenters. The standard InChI is InChI=1S/C34H54O4Si2/c1-8-15-16-17-18-19-34(35)36-31-24-22-29(23-25-31)20-21-30-26-32(37-39(9-2,10-3)11-4)28-33(27-30)38-40(12-5,13-6)14-7/h20-28H,8-19H2,1-7H3/b21-20+. The van der Waals surface area contributed by atoms with Crippen molar-refractivity contribution in [3.05, 3.63) is 53.6 Å². The van der Waals surface area contributed by atoms with Crippen LogP contribution in [0.15, 0.2) is 42.5 Å². The van der Waals surface area contributed by atoms with Crippen molar-refractivity contribution in [2.24, 2.45) is 0 Å². The highest BCUT2D eigenvalue weighted by atomic mass is 28.4. The molecule has 2 rings (SSSR count). The van der Waals surface area contributed by atoms with Crippen LogP contribution < -0.4 is 13.6 Å². The zero-order chi connectivity index (χ0) is 29.4. The predicted octanol–water partition coefficient (Wildman–Crippen LogP) is 10.9. The number of carbonyl (C=O) groups is 1. The third-order valence-electron chi connectivity index (χ3n) is 8.50. The summed E-state index contributed by atoms with van der Waals surface area (Å²) in [7, 11) is -3.64. The van der Waals surface area contributed by atoms with Gasteiger partial charge >= 0.3 is 5.97 Å². The Morgan fingerprint density at radius 3 is 1.55 bits per heavy atom. The average molecular weight is 583 g/mol. The predicted molar refractivity (Wildman–Crippen MR) is 176 cm³/mol. The lowest BCUT2D eigenvalue weighted by Gasteiger charge is -2.31. The minimum absolute atomic E-state index is 0.152. The first-order chi connectivity index (χ1) is 19.3. The fraction of sp³-hybridized carbons (Fsp3) is 0.559. The molecule has 0 bridgehead atoms. The molecule has 0 radical (unpaired) electrons. The van der Waals surface area contributed by atoms with Gasteiger partial charge in [0, 0.05) is 12.5 Å². The molecule has 0 spiro atoms. The van der Waals surface area contributed by atoms with E-state index >= 15 is 0 Å². The molecule has 0 aliphatic rings. The second kappa shape index (κ2) is 17.5. The Morgan fingerprint density at radius 2 is 1.07 bits per heavy atom. The molecule has 4 nitrogen and oxygen atoms in total. The van der Waals surface area contributed by atoms with Gasteiger partial charge in [0.15, 0.2) is 0 Å². The van der Waals surface area contributed by atoms with E-state index in [1.807, 2.05) is 24.3 Å². The van der Waals surface area contributed by atoms with Gasteiger partial charge in [-0.2, -0.15) is 0 Å². The number of ether oxygens (including phenoxy) is 1. The van der Waals surface area contributed by atoms with Gasteiger partial charge in [-0.1, -0.05) is 98.4 Å². The summed E-state index contributed by atoms with van der Waals surface area (Å²) in [6.45, 7) is 15.8. The summed E-state index contributed by atoms with van der Waals surface area (Å²) < 4.78 is 19.1. The van der Waals surface area contributed by atoms with E-state index in [-0.39, 0.29) is 5.97 Å². The summed E-state index contributed by atoms with van der Waals surface area (Å²) in [6, 6.07) is 20.7. The Hall–Kier alpha value is -2.32. The monoisotopic (exact) mass is 582 g/mol. The Morgan fingerprint density at radius 1 is 0.600 bits per heavy atom. The van der Waals surface area contributed by atoms with E-state index in [0.29, 0.717) is 12.2 Å². The van der Waals surface area contributed by atoms with Crippen LogP contribution in [0.25, 0.3) is 12.2 Å². The highest BCUT2D eigenvalue weighted by Gasteiger charge is 2.33. The summed E-state index contributed by atoms with van der Waals surface area (Å²) >= 11 is 0. The van der Waals surface area contributed by atoms with Crippen LogP contribution in [0.4, 0.5) is 0 Å². The third-order valence-corrected chi connectivity index (χ3v) is 17.6. The van der Waals surface area contributed by atoms with Gasteiger partial charge in [-0.3, -0.25) is 4.79 Å². The second-order valence-electron chi connectivity index (χ2n) is 11.0. The Labute approximate surface area is 246 Å². The maximum absolute atomic E-state index is 12.2. The van der Waals surface area contributed by atoms with Crippen molar-refractivity contribution < 1.29 is 18.4 Å². The molecule has 0 aromatic heterocycles. The topological polar surface area (TPSA) is 44.8 Å². The van der Waals surface area contributed by atoms with Gasteiger partial charge in [0.25, 0.3) is 0 Å². The Bertz CT molecular complexity index is 984. The zero-order valence-corrected chi connectivity index (χ0v) is 28.3. The molecule has 222 valence electrons. The molecule has 2 aromatic rings. The average Bonchev–Trinajstić information content (AvgIpc) is 2.98. The SMILES string of the molecule is CCCCCCCC(=O)Oc1ccc(/C=C/c2cc(O[Si](CC)(CC)CC)cc(O[Si](CC)(CC)CC)c2)cc1. The zero-order valence-electron chi connectivity index (χ0n) is 26.3. The van der Waals surface area contributed by atoms with Gasteiger partial charge in [-0.15, -0.1) is 0 Å². The number of unbranched alkanes of at least 4 members (excludes halogenated alkanes) is 4. The van der Waals surface area contributed by atoms with Gasteiger partial charge in [0.1, 0.15) is 17.2 Å². The molecule has 0 aliphatic heterocycles. The van der Waals surface area contributed by atoms with Crippen LogP contribution in [0.3, 0.4) is 0 Å². The van der Waals surface area contributed by atoms with Crippen molar-refractivity contribution in [3.63, 3.8) is 0 Å². The summed E-state index contributed by atoms with van der Waals surface area (Å²) in [5.41, 5.74) is 2.12. The van der Waals surface area contributed by atoms with Crippen LogP contribution in [-0.4, -0.2) is 22.6 Å². The fourth-order valence-corrected chi connectivity index (χ4v) is 10.2. The summed E-state index contributed by atoms with van der Waals surface area (Å²) in [4.78, 5) is 12.2. The summed E-state index contributed by atoms with van der Waals surface area (Å²) in [5, 5.41) is 0. The molecule has 0 fully saturated rings. The second-order valence-corrected chi connectivity index (χ2v) is 20.4. The highest BCUT2D eigenvalue weighted by Crippen LogP contribution is 2.33. The smallest absolute Gasteiger partial charge is 0.311 e. The van der Waals surface area contributed by atoms with Crippen LogP contribution in [0.2, 0.25) is 36.3 Å². The van der Waals surface area contributed by atoms with E-state index in [0.717, 1.165) is 71.7 Å². The van der Waals surface area contributed by atoms with Gasteiger partial charge in [0.2, 0.25) is 16.6 Å². The molecule has 0 amide bonds. The van der Waals surface area contributed by atoms with Gasteiger partial charge in [-0.25, -0.2) is 0 Å². The number of benzene rings is 2. The van der Waals surface area contributed by atoms with Crippen molar-refractivity contribution in [2.45, 2.75) is 123 Å². The van der Waals surface area contributed by atoms with Gasteiger partial charge in [-0.05, 0) is 78.1 Å². The van der Waals surface area contributed by atoms with Crippen LogP contribution in [0.5, 0.6) is 17.2 Å². The van der Waals surface area contributed by atoms with E-state index in [1.54, 1.807) is 0 Å². The largest absolute Gasteiger partial charge is 0.543 e. The van der Waals surface area contributed by atoms with Crippen molar-refractivity contribution in [1.29, 1.82) is 0 Å². The minimum Gasteiger partial charge on any atom is -0.543 e. The third kappa shape index (κ3) is 10.6. The first-order valence-electron chi connectivity index (χ1n) is 15.8. The van der Waals surface area contributed by atoms with E-state index in [4.69, 9.17) is 13.6 Å². The van der Waals surface area contributed by atoms with Crippen molar-refractivity contribution in [3.8, 4) is 17.2 Å². The minimum atomic E-state index is -1.82. The molecular weight excluding hydrogens is 529 g/mol. The van der Waals surface area contributed by atoms with E-state index in [9.17, 15) is 4.79 Å². The van der Waals surface area contributed by atoms with Crippen molar-refractivity contribution in [1.82, 2.24) is 0 Å². The molecule has 0 saturated carbocycles. The highest BCUT2D eigenvalue weighted by molar-refractivity contribution is 6.74. The van der Waals surface area contributed by atoms with Gasteiger partial charge < -0.3 is 13.6 Å². The fourth-order valence-electron chi connectivity index (χ4n) is 5.14. The molecule has 40 heavy (non-hydrogen) atoms. The van der Waals surface area contributed by atoms with Crippen molar-refractivity contribution in [2.75, 3.05) is 0 Å². The molecule has 0 atom stereocenters. The lowest BCUT2D eigenvalue weighted by molar-refractivity contribution is -0.134.